The fraction of sp³-hybridized carbons (Fsp3) is 0.647. The van der Waals surface area contributed by atoms with E-state index in [9.17, 15) is 0 Å². The summed E-state index contributed by atoms with van der Waals surface area (Å²) in [6.07, 6.45) is 4.12. The van der Waals surface area contributed by atoms with Gasteiger partial charge in [-0.1, -0.05) is 18.2 Å². The molecular weight excluding hydrogens is 248 g/mol. The molecule has 2 saturated heterocycles. The van der Waals surface area contributed by atoms with Gasteiger partial charge in [0.05, 0.1) is 6.61 Å². The lowest BCUT2D eigenvalue weighted by atomic mass is 10.2. The summed E-state index contributed by atoms with van der Waals surface area (Å²) < 4.78 is 5.74. The van der Waals surface area contributed by atoms with Gasteiger partial charge in [-0.05, 0) is 45.3 Å². The number of nitrogens with zero attached hydrogens (tertiary/aromatic N) is 2. The lowest BCUT2D eigenvalue weighted by Gasteiger charge is -2.24. The standard InChI is InChI=1S/C17H26N2O/c1-2-20-17-8-4-3-7-15(17)13-18-12-9-16(14-18)19-10-5-6-11-19/h3-4,7-8,16H,2,5-6,9-14H2,1H3/t16-/m1/s1. The highest BCUT2D eigenvalue weighted by molar-refractivity contribution is 5.33. The first-order chi connectivity index (χ1) is 9.86. The van der Waals surface area contributed by atoms with Gasteiger partial charge in [0.25, 0.3) is 0 Å². The van der Waals surface area contributed by atoms with Crippen LogP contribution in [0.25, 0.3) is 0 Å². The average Bonchev–Trinajstić information content (AvgIpc) is 3.12. The highest BCUT2D eigenvalue weighted by Crippen LogP contribution is 2.25. The van der Waals surface area contributed by atoms with E-state index in [1.165, 1.54) is 51.0 Å². The molecule has 3 heteroatoms. The van der Waals surface area contributed by atoms with Crippen LogP contribution in [0.2, 0.25) is 0 Å². The maximum atomic E-state index is 5.74. The average molecular weight is 274 g/mol. The molecule has 1 aromatic rings. The van der Waals surface area contributed by atoms with Gasteiger partial charge in [0.15, 0.2) is 0 Å². The van der Waals surface area contributed by atoms with E-state index in [2.05, 4.69) is 41.0 Å². The molecule has 0 radical (unpaired) electrons. The van der Waals surface area contributed by atoms with Crippen LogP contribution in [0, 0.1) is 0 Å². The Morgan fingerprint density at radius 1 is 1.15 bits per heavy atom. The van der Waals surface area contributed by atoms with Gasteiger partial charge >= 0.3 is 0 Å². The van der Waals surface area contributed by atoms with E-state index in [0.717, 1.165) is 24.9 Å². The van der Waals surface area contributed by atoms with Crippen LogP contribution in [-0.4, -0.2) is 48.6 Å². The van der Waals surface area contributed by atoms with Crippen LogP contribution in [0.15, 0.2) is 24.3 Å². The van der Waals surface area contributed by atoms with E-state index in [-0.39, 0.29) is 0 Å². The molecule has 0 saturated carbocycles. The van der Waals surface area contributed by atoms with Gasteiger partial charge in [-0.3, -0.25) is 9.80 Å². The van der Waals surface area contributed by atoms with Crippen LogP contribution in [0.4, 0.5) is 0 Å². The first-order valence-corrected chi connectivity index (χ1v) is 8.04. The highest BCUT2D eigenvalue weighted by atomic mass is 16.5. The summed E-state index contributed by atoms with van der Waals surface area (Å²) in [6, 6.07) is 9.26. The van der Waals surface area contributed by atoms with Crippen molar-refractivity contribution in [3.05, 3.63) is 29.8 Å². The number of hydrogen-bond donors (Lipinski definition) is 0. The van der Waals surface area contributed by atoms with Crippen molar-refractivity contribution in [1.29, 1.82) is 0 Å². The topological polar surface area (TPSA) is 15.7 Å². The van der Waals surface area contributed by atoms with E-state index in [1.54, 1.807) is 0 Å². The van der Waals surface area contributed by atoms with E-state index < -0.39 is 0 Å². The maximum Gasteiger partial charge on any atom is 0.123 e. The summed E-state index contributed by atoms with van der Waals surface area (Å²) >= 11 is 0. The number of likely N-dealkylation sites (tertiary alicyclic amines) is 2. The van der Waals surface area contributed by atoms with Gasteiger partial charge in [-0.15, -0.1) is 0 Å². The summed E-state index contributed by atoms with van der Waals surface area (Å²) in [4.78, 5) is 5.27. The lowest BCUT2D eigenvalue weighted by molar-refractivity contribution is 0.228. The minimum Gasteiger partial charge on any atom is -0.494 e. The molecule has 110 valence electrons. The largest absolute Gasteiger partial charge is 0.494 e. The number of hydrogen-bond acceptors (Lipinski definition) is 3. The summed E-state index contributed by atoms with van der Waals surface area (Å²) in [5, 5.41) is 0. The summed E-state index contributed by atoms with van der Waals surface area (Å²) in [6.45, 7) is 8.90. The number of para-hydroxylation sites is 1. The molecule has 3 nitrogen and oxygen atoms in total. The molecule has 2 aliphatic heterocycles. The first-order valence-electron chi connectivity index (χ1n) is 8.04. The van der Waals surface area contributed by atoms with Crippen molar-refractivity contribution in [3.8, 4) is 5.75 Å². The lowest BCUT2D eigenvalue weighted by Crippen LogP contribution is -2.35. The Bertz CT molecular complexity index is 429. The Labute approximate surface area is 122 Å². The van der Waals surface area contributed by atoms with E-state index in [0.29, 0.717) is 0 Å². The zero-order valence-electron chi connectivity index (χ0n) is 12.6. The number of ether oxygens (including phenoxy) is 1. The molecule has 20 heavy (non-hydrogen) atoms. The predicted molar refractivity (Wildman–Crippen MR) is 82.1 cm³/mol. The van der Waals surface area contributed by atoms with E-state index in [4.69, 9.17) is 4.74 Å². The molecular formula is C17H26N2O. The van der Waals surface area contributed by atoms with Crippen LogP contribution in [-0.2, 0) is 6.54 Å². The molecule has 1 atom stereocenters. The van der Waals surface area contributed by atoms with E-state index >= 15 is 0 Å². The van der Waals surface area contributed by atoms with Crippen molar-refractivity contribution in [1.82, 2.24) is 9.80 Å². The molecule has 0 unspecified atom stereocenters. The number of benzene rings is 1. The highest BCUT2D eigenvalue weighted by Gasteiger charge is 2.29. The van der Waals surface area contributed by atoms with Gasteiger partial charge in [0.1, 0.15) is 5.75 Å². The molecule has 2 aliphatic rings. The minimum atomic E-state index is 0.743. The van der Waals surface area contributed by atoms with Gasteiger partial charge < -0.3 is 4.74 Å². The van der Waals surface area contributed by atoms with Crippen LogP contribution in [0.1, 0.15) is 31.7 Å². The minimum absolute atomic E-state index is 0.743. The molecule has 0 N–H and O–H groups in total. The Kier molecular flexibility index (Phi) is 4.58. The maximum absolute atomic E-state index is 5.74. The summed E-state index contributed by atoms with van der Waals surface area (Å²) in [5.74, 6) is 1.06. The van der Waals surface area contributed by atoms with Crippen molar-refractivity contribution in [3.63, 3.8) is 0 Å². The molecule has 0 bridgehead atoms. The van der Waals surface area contributed by atoms with Crippen LogP contribution < -0.4 is 4.74 Å². The molecule has 0 spiro atoms. The monoisotopic (exact) mass is 274 g/mol. The van der Waals surface area contributed by atoms with Crippen molar-refractivity contribution in [2.75, 3.05) is 32.8 Å². The summed E-state index contributed by atoms with van der Waals surface area (Å²) in [5.41, 5.74) is 1.33. The van der Waals surface area contributed by atoms with Gasteiger partial charge in [-0.25, -0.2) is 0 Å². The Morgan fingerprint density at radius 2 is 1.95 bits per heavy atom. The van der Waals surface area contributed by atoms with Crippen molar-refractivity contribution in [2.24, 2.45) is 0 Å². The molecule has 3 rings (SSSR count). The zero-order chi connectivity index (χ0) is 13.8. The molecule has 1 aromatic carbocycles. The van der Waals surface area contributed by atoms with Crippen molar-refractivity contribution >= 4 is 0 Å². The molecule has 0 aromatic heterocycles. The molecule has 2 fully saturated rings. The normalized spacial score (nSPS) is 24.4. The fourth-order valence-corrected chi connectivity index (χ4v) is 3.53. The smallest absolute Gasteiger partial charge is 0.123 e. The molecule has 0 amide bonds. The zero-order valence-corrected chi connectivity index (χ0v) is 12.6. The van der Waals surface area contributed by atoms with Crippen molar-refractivity contribution in [2.45, 2.75) is 38.8 Å². The van der Waals surface area contributed by atoms with Gasteiger partial charge in [-0.2, -0.15) is 0 Å². The van der Waals surface area contributed by atoms with Crippen LogP contribution >= 0.6 is 0 Å². The second-order valence-corrected chi connectivity index (χ2v) is 5.96. The SMILES string of the molecule is CCOc1ccccc1CN1CC[C@@H](N2CCCC2)C1. The predicted octanol–water partition coefficient (Wildman–Crippen LogP) is 2.76. The van der Waals surface area contributed by atoms with Gasteiger partial charge in [0.2, 0.25) is 0 Å². The Morgan fingerprint density at radius 3 is 2.75 bits per heavy atom. The van der Waals surface area contributed by atoms with Crippen LogP contribution in [0.3, 0.4) is 0 Å². The third kappa shape index (κ3) is 3.15. The fourth-order valence-electron chi connectivity index (χ4n) is 3.53. The van der Waals surface area contributed by atoms with Crippen molar-refractivity contribution < 1.29 is 4.74 Å². The third-order valence-electron chi connectivity index (χ3n) is 4.57. The Hall–Kier alpha value is -1.06. The summed E-state index contributed by atoms with van der Waals surface area (Å²) in [7, 11) is 0. The second kappa shape index (κ2) is 6.59. The molecule has 0 aliphatic carbocycles. The Balaban J connectivity index is 1.58. The third-order valence-corrected chi connectivity index (χ3v) is 4.57. The van der Waals surface area contributed by atoms with Crippen LogP contribution in [0.5, 0.6) is 5.75 Å². The molecule has 2 heterocycles. The second-order valence-electron chi connectivity index (χ2n) is 5.96. The number of rotatable bonds is 5. The first kappa shape index (κ1) is 13.9. The quantitative estimate of drug-likeness (QED) is 0.821. The van der Waals surface area contributed by atoms with E-state index in [1.807, 2.05) is 0 Å². The van der Waals surface area contributed by atoms with Gasteiger partial charge in [0, 0.05) is 31.2 Å².